The lowest BCUT2D eigenvalue weighted by atomic mass is 10.1. The van der Waals surface area contributed by atoms with Gasteiger partial charge in [-0.3, -0.25) is 14.0 Å². The summed E-state index contributed by atoms with van der Waals surface area (Å²) in [7, 11) is 0. The average molecular weight is 253 g/mol. The van der Waals surface area contributed by atoms with E-state index < -0.39 is 5.91 Å². The molecule has 5 heteroatoms. The number of rotatable bonds is 1. The molecule has 0 spiro atoms. The first-order valence-electron chi connectivity index (χ1n) is 5.79. The molecule has 0 bridgehead atoms. The molecule has 19 heavy (non-hydrogen) atoms. The second-order valence-corrected chi connectivity index (χ2v) is 4.45. The van der Waals surface area contributed by atoms with Crippen molar-refractivity contribution in [3.05, 3.63) is 58.0 Å². The molecule has 1 aromatic carbocycles. The highest BCUT2D eigenvalue weighted by atomic mass is 16.1. The zero-order chi connectivity index (χ0) is 13.6. The van der Waals surface area contributed by atoms with Crippen LogP contribution in [0.1, 0.15) is 15.9 Å². The molecule has 2 N–H and O–H groups in total. The Labute approximate surface area is 108 Å². The van der Waals surface area contributed by atoms with E-state index in [-0.39, 0.29) is 11.1 Å². The maximum absolute atomic E-state index is 12.4. The topological polar surface area (TPSA) is 77.5 Å². The fourth-order valence-electron chi connectivity index (χ4n) is 2.06. The number of amides is 1. The second-order valence-electron chi connectivity index (χ2n) is 4.45. The number of hydrogen-bond acceptors (Lipinski definition) is 3. The first-order chi connectivity index (χ1) is 9.06. The third-order valence-electron chi connectivity index (χ3n) is 3.05. The van der Waals surface area contributed by atoms with Crippen molar-refractivity contribution >= 4 is 22.5 Å². The molecule has 0 saturated carbocycles. The van der Waals surface area contributed by atoms with Crippen LogP contribution in [0.25, 0.3) is 16.6 Å². The molecule has 5 nitrogen and oxygen atoms in total. The molecule has 0 aliphatic heterocycles. The number of fused-ring (bicyclic) bond motifs is 2. The van der Waals surface area contributed by atoms with E-state index in [9.17, 15) is 9.59 Å². The molecule has 3 aromatic rings. The van der Waals surface area contributed by atoms with Crippen LogP contribution in [-0.4, -0.2) is 15.3 Å². The number of benzene rings is 1. The summed E-state index contributed by atoms with van der Waals surface area (Å²) in [5.41, 5.74) is 7.41. The van der Waals surface area contributed by atoms with Crippen LogP contribution in [0.5, 0.6) is 0 Å². The number of nitrogens with two attached hydrogens (primary N) is 1. The van der Waals surface area contributed by atoms with Crippen molar-refractivity contribution in [1.29, 1.82) is 0 Å². The molecule has 2 heterocycles. The number of primary amides is 1. The molecule has 1 amide bonds. The molecule has 2 aromatic heterocycles. The van der Waals surface area contributed by atoms with Gasteiger partial charge < -0.3 is 5.73 Å². The highest BCUT2D eigenvalue weighted by Gasteiger charge is 2.08. The first kappa shape index (κ1) is 11.4. The van der Waals surface area contributed by atoms with Crippen LogP contribution >= 0.6 is 0 Å². The van der Waals surface area contributed by atoms with Crippen LogP contribution in [-0.2, 0) is 0 Å². The number of aryl methyl sites for hydroxylation is 1. The predicted octanol–water partition coefficient (Wildman–Crippen LogP) is 1.26. The van der Waals surface area contributed by atoms with Crippen molar-refractivity contribution in [2.75, 3.05) is 0 Å². The first-order valence-corrected chi connectivity index (χ1v) is 5.79. The molecule has 0 unspecified atom stereocenters. The Balaban J connectivity index is 2.48. The lowest BCUT2D eigenvalue weighted by Crippen LogP contribution is -2.18. The summed E-state index contributed by atoms with van der Waals surface area (Å²) < 4.78 is 1.35. The van der Waals surface area contributed by atoms with Gasteiger partial charge in [0, 0.05) is 6.20 Å². The number of hydrogen-bond donors (Lipinski definition) is 1. The number of pyridine rings is 1. The quantitative estimate of drug-likeness (QED) is 0.663. The zero-order valence-corrected chi connectivity index (χ0v) is 10.3. The summed E-state index contributed by atoms with van der Waals surface area (Å²) in [5.74, 6) is -0.571. The van der Waals surface area contributed by atoms with Gasteiger partial charge in [0.05, 0.1) is 16.5 Å². The van der Waals surface area contributed by atoms with Crippen molar-refractivity contribution in [3.63, 3.8) is 0 Å². The van der Waals surface area contributed by atoms with Crippen molar-refractivity contribution in [3.8, 4) is 0 Å². The third-order valence-corrected chi connectivity index (χ3v) is 3.05. The standard InChI is InChI=1S/C14H11N3O2/c1-8-2-4-11-10(6-8)14(19)17-7-9(13(15)18)3-5-12(17)16-11/h2-7H,1H3,(H2,15,18). The van der Waals surface area contributed by atoms with Crippen molar-refractivity contribution < 1.29 is 4.79 Å². The number of nitrogens with zero attached hydrogens (tertiary/aromatic N) is 2. The van der Waals surface area contributed by atoms with Gasteiger partial charge in [0.1, 0.15) is 5.65 Å². The Morgan fingerprint density at radius 2 is 2.05 bits per heavy atom. The van der Waals surface area contributed by atoms with E-state index in [2.05, 4.69) is 4.98 Å². The molecule has 0 fully saturated rings. The summed E-state index contributed by atoms with van der Waals surface area (Å²) in [5, 5.41) is 0.527. The van der Waals surface area contributed by atoms with Crippen LogP contribution < -0.4 is 11.3 Å². The largest absolute Gasteiger partial charge is 0.366 e. The molecule has 94 valence electrons. The molecule has 0 aliphatic rings. The van der Waals surface area contributed by atoms with E-state index in [1.54, 1.807) is 18.2 Å². The van der Waals surface area contributed by atoms with Gasteiger partial charge >= 0.3 is 0 Å². The highest BCUT2D eigenvalue weighted by molar-refractivity contribution is 5.93. The Morgan fingerprint density at radius 3 is 2.79 bits per heavy atom. The molecule has 0 saturated heterocycles. The fraction of sp³-hybridized carbons (Fsp3) is 0.0714. The fourth-order valence-corrected chi connectivity index (χ4v) is 2.06. The van der Waals surface area contributed by atoms with Crippen LogP contribution in [0, 0.1) is 6.92 Å². The monoisotopic (exact) mass is 253 g/mol. The maximum atomic E-state index is 12.4. The summed E-state index contributed by atoms with van der Waals surface area (Å²) >= 11 is 0. The second kappa shape index (κ2) is 3.91. The highest BCUT2D eigenvalue weighted by Crippen LogP contribution is 2.12. The zero-order valence-electron chi connectivity index (χ0n) is 10.3. The summed E-state index contributed by atoms with van der Waals surface area (Å²) in [4.78, 5) is 27.9. The van der Waals surface area contributed by atoms with Gasteiger partial charge in [-0.25, -0.2) is 4.98 Å². The Morgan fingerprint density at radius 1 is 1.26 bits per heavy atom. The van der Waals surface area contributed by atoms with E-state index in [0.717, 1.165) is 5.56 Å². The maximum Gasteiger partial charge on any atom is 0.265 e. The number of carbonyl (C=O) groups is 1. The minimum absolute atomic E-state index is 0.202. The van der Waals surface area contributed by atoms with E-state index in [1.165, 1.54) is 10.6 Å². The third kappa shape index (κ3) is 1.76. The Bertz CT molecular complexity index is 881. The Kier molecular flexibility index (Phi) is 2.35. The van der Waals surface area contributed by atoms with Crippen LogP contribution in [0.2, 0.25) is 0 Å². The van der Waals surface area contributed by atoms with Crippen LogP contribution in [0.15, 0.2) is 41.3 Å². The minimum atomic E-state index is -0.571. The van der Waals surface area contributed by atoms with Gasteiger partial charge in [-0.2, -0.15) is 0 Å². The van der Waals surface area contributed by atoms with Gasteiger partial charge in [0.15, 0.2) is 0 Å². The normalized spacial score (nSPS) is 11.0. The van der Waals surface area contributed by atoms with Gasteiger partial charge in [0.25, 0.3) is 5.56 Å². The van der Waals surface area contributed by atoms with Gasteiger partial charge in [-0.15, -0.1) is 0 Å². The molecule has 3 rings (SSSR count). The average Bonchev–Trinajstić information content (AvgIpc) is 2.39. The molecular weight excluding hydrogens is 242 g/mol. The molecule has 0 aliphatic carbocycles. The number of carbonyl (C=O) groups excluding carboxylic acids is 1. The minimum Gasteiger partial charge on any atom is -0.366 e. The van der Waals surface area contributed by atoms with Crippen molar-refractivity contribution in [1.82, 2.24) is 9.38 Å². The summed E-state index contributed by atoms with van der Waals surface area (Å²) in [6.45, 7) is 1.91. The Hall–Kier alpha value is -2.69. The van der Waals surface area contributed by atoms with Gasteiger partial charge in [0.2, 0.25) is 5.91 Å². The van der Waals surface area contributed by atoms with E-state index >= 15 is 0 Å². The molecule has 0 atom stereocenters. The summed E-state index contributed by atoms with van der Waals surface area (Å²) in [6, 6.07) is 8.68. The smallest absolute Gasteiger partial charge is 0.265 e. The van der Waals surface area contributed by atoms with Crippen LogP contribution in [0.3, 0.4) is 0 Å². The lowest BCUT2D eigenvalue weighted by Gasteiger charge is -2.05. The van der Waals surface area contributed by atoms with E-state index in [0.29, 0.717) is 16.6 Å². The summed E-state index contributed by atoms with van der Waals surface area (Å²) in [6.07, 6.45) is 1.43. The van der Waals surface area contributed by atoms with Crippen molar-refractivity contribution in [2.24, 2.45) is 5.73 Å². The predicted molar refractivity (Wildman–Crippen MR) is 72.2 cm³/mol. The van der Waals surface area contributed by atoms with E-state index in [1.807, 2.05) is 19.1 Å². The molecular formula is C14H11N3O2. The van der Waals surface area contributed by atoms with E-state index in [4.69, 9.17) is 5.73 Å². The van der Waals surface area contributed by atoms with Gasteiger partial charge in [-0.1, -0.05) is 11.6 Å². The van der Waals surface area contributed by atoms with Crippen LogP contribution in [0.4, 0.5) is 0 Å². The number of aromatic nitrogens is 2. The molecule has 0 radical (unpaired) electrons. The van der Waals surface area contributed by atoms with Gasteiger partial charge in [-0.05, 0) is 31.2 Å². The van der Waals surface area contributed by atoms with Crippen molar-refractivity contribution in [2.45, 2.75) is 6.92 Å². The SMILES string of the molecule is Cc1ccc2nc3ccc(C(N)=O)cn3c(=O)c2c1. The lowest BCUT2D eigenvalue weighted by molar-refractivity contribution is 0.1000.